The molecule has 128 valence electrons. The van der Waals surface area contributed by atoms with Gasteiger partial charge in [-0.05, 0) is 32.1 Å². The lowest BCUT2D eigenvalue weighted by molar-refractivity contribution is -0.160. The highest BCUT2D eigenvalue weighted by Gasteiger charge is 2.33. The molecule has 0 saturated heterocycles. The van der Waals surface area contributed by atoms with Gasteiger partial charge in [0.2, 0.25) is 0 Å². The number of carbonyl (C=O) groups is 3. The molecule has 0 heterocycles. The molecule has 22 heavy (non-hydrogen) atoms. The fraction of sp³-hybridized carbons (Fsp3) is 0.812. The Kier molecular flexibility index (Phi) is 8.12. The lowest BCUT2D eigenvalue weighted by Gasteiger charge is -2.30. The van der Waals surface area contributed by atoms with E-state index in [1.165, 1.54) is 0 Å². The van der Waals surface area contributed by atoms with Gasteiger partial charge in [0.1, 0.15) is 13.2 Å². The van der Waals surface area contributed by atoms with Crippen LogP contribution in [-0.4, -0.2) is 36.2 Å². The average molecular weight is 316 g/mol. The number of hydrogen-bond acceptors (Lipinski definition) is 5. The van der Waals surface area contributed by atoms with Gasteiger partial charge in [-0.25, -0.2) is 0 Å². The summed E-state index contributed by atoms with van der Waals surface area (Å²) >= 11 is 0. The maximum atomic E-state index is 12.0. The van der Waals surface area contributed by atoms with Crippen molar-refractivity contribution in [1.29, 1.82) is 0 Å². The molecule has 0 aliphatic carbocycles. The van der Waals surface area contributed by atoms with Crippen LogP contribution in [0, 0.1) is 10.8 Å². The molecule has 0 rings (SSSR count). The SMILES string of the molecule is CC(C)(C)CC(C)(C)C(=O)OCCOC(=O)CCCC(=O)O. The number of rotatable bonds is 9. The van der Waals surface area contributed by atoms with Crippen LogP contribution in [0.25, 0.3) is 0 Å². The van der Waals surface area contributed by atoms with E-state index in [2.05, 4.69) is 20.8 Å². The monoisotopic (exact) mass is 316 g/mol. The summed E-state index contributed by atoms with van der Waals surface area (Å²) < 4.78 is 10.0. The van der Waals surface area contributed by atoms with Gasteiger partial charge in [0.25, 0.3) is 0 Å². The van der Waals surface area contributed by atoms with Gasteiger partial charge in [-0.2, -0.15) is 0 Å². The van der Waals surface area contributed by atoms with Crippen molar-refractivity contribution in [3.63, 3.8) is 0 Å². The van der Waals surface area contributed by atoms with Crippen molar-refractivity contribution < 1.29 is 29.0 Å². The van der Waals surface area contributed by atoms with Gasteiger partial charge in [-0.3, -0.25) is 14.4 Å². The van der Waals surface area contributed by atoms with E-state index >= 15 is 0 Å². The summed E-state index contributed by atoms with van der Waals surface area (Å²) in [6, 6.07) is 0. The second-order valence-corrected chi connectivity index (χ2v) is 7.23. The number of carbonyl (C=O) groups excluding carboxylic acids is 2. The Morgan fingerprint density at radius 2 is 1.45 bits per heavy atom. The quantitative estimate of drug-likeness (QED) is 0.519. The van der Waals surface area contributed by atoms with Crippen molar-refractivity contribution in [2.24, 2.45) is 10.8 Å². The van der Waals surface area contributed by atoms with E-state index in [4.69, 9.17) is 14.6 Å². The predicted molar refractivity (Wildman–Crippen MR) is 81.3 cm³/mol. The summed E-state index contributed by atoms with van der Waals surface area (Å²) in [5.74, 6) is -1.74. The highest BCUT2D eigenvalue weighted by molar-refractivity contribution is 5.76. The summed E-state index contributed by atoms with van der Waals surface area (Å²) in [5.41, 5.74) is -0.580. The summed E-state index contributed by atoms with van der Waals surface area (Å²) in [7, 11) is 0. The summed E-state index contributed by atoms with van der Waals surface area (Å²) in [6.45, 7) is 9.83. The topological polar surface area (TPSA) is 89.9 Å². The third-order valence-corrected chi connectivity index (χ3v) is 2.88. The van der Waals surface area contributed by atoms with Crippen LogP contribution in [0.15, 0.2) is 0 Å². The molecule has 0 unspecified atom stereocenters. The van der Waals surface area contributed by atoms with E-state index < -0.39 is 17.4 Å². The number of aliphatic carboxylic acids is 1. The third-order valence-electron chi connectivity index (χ3n) is 2.88. The Labute approximate surface area is 132 Å². The standard InChI is InChI=1S/C16H28O6/c1-15(2,3)11-16(4,5)14(20)22-10-9-21-13(19)8-6-7-12(17)18/h6-11H2,1-5H3,(H,17,18). The number of carboxylic acids is 1. The normalized spacial score (nSPS) is 11.9. The van der Waals surface area contributed by atoms with E-state index in [-0.39, 0.29) is 43.9 Å². The molecule has 0 bridgehead atoms. The number of esters is 2. The van der Waals surface area contributed by atoms with Crippen LogP contribution in [0.1, 0.15) is 60.3 Å². The van der Waals surface area contributed by atoms with Crippen molar-refractivity contribution in [3.05, 3.63) is 0 Å². The van der Waals surface area contributed by atoms with Gasteiger partial charge in [0.05, 0.1) is 5.41 Å². The van der Waals surface area contributed by atoms with Crippen LogP contribution in [-0.2, 0) is 23.9 Å². The van der Waals surface area contributed by atoms with Crippen LogP contribution in [0.4, 0.5) is 0 Å². The van der Waals surface area contributed by atoms with E-state index in [9.17, 15) is 14.4 Å². The van der Waals surface area contributed by atoms with E-state index in [1.54, 1.807) is 0 Å². The minimum Gasteiger partial charge on any atom is -0.481 e. The molecule has 0 radical (unpaired) electrons. The first kappa shape index (κ1) is 20.4. The minimum atomic E-state index is -0.942. The summed E-state index contributed by atoms with van der Waals surface area (Å²) in [6.07, 6.45) is 0.918. The fourth-order valence-corrected chi connectivity index (χ4v) is 2.34. The lowest BCUT2D eigenvalue weighted by atomic mass is 9.76. The van der Waals surface area contributed by atoms with E-state index in [0.29, 0.717) is 6.42 Å². The molecule has 0 amide bonds. The zero-order valence-electron chi connectivity index (χ0n) is 14.2. The van der Waals surface area contributed by atoms with Crippen molar-refractivity contribution in [3.8, 4) is 0 Å². The maximum absolute atomic E-state index is 12.0. The van der Waals surface area contributed by atoms with Crippen molar-refractivity contribution in [2.75, 3.05) is 13.2 Å². The Hall–Kier alpha value is -1.59. The molecule has 0 aliphatic heterocycles. The molecule has 0 aromatic carbocycles. The highest BCUT2D eigenvalue weighted by Crippen LogP contribution is 2.33. The van der Waals surface area contributed by atoms with Crippen LogP contribution >= 0.6 is 0 Å². The first-order valence-electron chi connectivity index (χ1n) is 7.49. The van der Waals surface area contributed by atoms with Crippen molar-refractivity contribution >= 4 is 17.9 Å². The number of ether oxygens (including phenoxy) is 2. The molecule has 0 spiro atoms. The third kappa shape index (κ3) is 10.2. The van der Waals surface area contributed by atoms with Gasteiger partial charge in [0.15, 0.2) is 0 Å². The largest absolute Gasteiger partial charge is 0.481 e. The van der Waals surface area contributed by atoms with Gasteiger partial charge < -0.3 is 14.6 Å². The number of carboxylic acid groups (broad SMARTS) is 1. The smallest absolute Gasteiger partial charge is 0.311 e. The van der Waals surface area contributed by atoms with Crippen LogP contribution in [0.3, 0.4) is 0 Å². The molecule has 0 atom stereocenters. The maximum Gasteiger partial charge on any atom is 0.311 e. The molecule has 0 aliphatic rings. The van der Waals surface area contributed by atoms with Crippen molar-refractivity contribution in [2.45, 2.75) is 60.3 Å². The molecule has 0 aromatic heterocycles. The molecule has 6 heteroatoms. The Morgan fingerprint density at radius 1 is 0.909 bits per heavy atom. The molecule has 1 N–H and O–H groups in total. The van der Waals surface area contributed by atoms with Crippen LogP contribution in [0.5, 0.6) is 0 Å². The van der Waals surface area contributed by atoms with E-state index in [1.807, 2.05) is 13.8 Å². The first-order chi connectivity index (χ1) is 9.94. The van der Waals surface area contributed by atoms with Gasteiger partial charge in [0, 0.05) is 12.8 Å². The highest BCUT2D eigenvalue weighted by atomic mass is 16.6. The van der Waals surface area contributed by atoms with Crippen LogP contribution in [0.2, 0.25) is 0 Å². The average Bonchev–Trinajstić information content (AvgIpc) is 2.30. The Bertz CT molecular complexity index is 392. The van der Waals surface area contributed by atoms with Crippen molar-refractivity contribution in [1.82, 2.24) is 0 Å². The molecule has 0 saturated carbocycles. The van der Waals surface area contributed by atoms with Crippen LogP contribution < -0.4 is 0 Å². The van der Waals surface area contributed by atoms with Gasteiger partial charge in [-0.15, -0.1) is 0 Å². The Balaban J connectivity index is 3.93. The molecule has 0 aromatic rings. The summed E-state index contributed by atoms with van der Waals surface area (Å²) in [4.78, 5) is 33.6. The first-order valence-corrected chi connectivity index (χ1v) is 7.49. The van der Waals surface area contributed by atoms with E-state index in [0.717, 1.165) is 0 Å². The molecule has 6 nitrogen and oxygen atoms in total. The van der Waals surface area contributed by atoms with Gasteiger partial charge in [-0.1, -0.05) is 20.8 Å². The number of hydrogen-bond donors (Lipinski definition) is 1. The predicted octanol–water partition coefficient (Wildman–Crippen LogP) is 2.79. The molecular weight excluding hydrogens is 288 g/mol. The molecule has 0 fully saturated rings. The molecular formula is C16H28O6. The van der Waals surface area contributed by atoms with Gasteiger partial charge >= 0.3 is 17.9 Å². The zero-order chi connectivity index (χ0) is 17.4. The second kappa shape index (κ2) is 8.76. The zero-order valence-corrected chi connectivity index (χ0v) is 14.2. The summed E-state index contributed by atoms with van der Waals surface area (Å²) in [5, 5.41) is 8.45. The Morgan fingerprint density at radius 3 is 1.95 bits per heavy atom. The second-order valence-electron chi connectivity index (χ2n) is 7.23. The lowest BCUT2D eigenvalue weighted by Crippen LogP contribution is -2.32. The fourth-order valence-electron chi connectivity index (χ4n) is 2.34. The minimum absolute atomic E-state index is 0.0107.